The molecule has 0 saturated heterocycles. The van der Waals surface area contributed by atoms with Crippen LogP contribution in [0.2, 0.25) is 0 Å². The lowest BCUT2D eigenvalue weighted by Crippen LogP contribution is -2.24. The van der Waals surface area contributed by atoms with Crippen molar-refractivity contribution in [2.75, 3.05) is 0 Å². The van der Waals surface area contributed by atoms with Gasteiger partial charge in [-0.15, -0.1) is 0 Å². The second kappa shape index (κ2) is 7.79. The Labute approximate surface area is 146 Å². The number of nitrogens with one attached hydrogen (secondary N) is 1. The molecule has 0 aliphatic carbocycles. The van der Waals surface area contributed by atoms with E-state index in [4.69, 9.17) is 4.52 Å². The molecule has 3 rings (SSSR count). The van der Waals surface area contributed by atoms with E-state index in [2.05, 4.69) is 21.6 Å². The molecule has 1 N–H and O–H groups in total. The van der Waals surface area contributed by atoms with Crippen LogP contribution in [0.15, 0.2) is 47.2 Å². The number of aryl methyl sites for hydroxylation is 2. The Morgan fingerprint density at radius 1 is 1.20 bits per heavy atom. The molecule has 2 heterocycles. The van der Waals surface area contributed by atoms with Gasteiger partial charge in [0.2, 0.25) is 5.91 Å². The van der Waals surface area contributed by atoms with Gasteiger partial charge in [0.1, 0.15) is 5.76 Å². The average molecular weight is 338 g/mol. The average Bonchev–Trinajstić information content (AvgIpc) is 3.23. The van der Waals surface area contributed by atoms with E-state index in [1.165, 1.54) is 0 Å². The SMILES string of the molecule is Cc1noc(C)c1CCC(=O)NCc1ccccc1Cn1cccn1. The summed E-state index contributed by atoms with van der Waals surface area (Å²) in [6.45, 7) is 4.98. The third-order valence-corrected chi connectivity index (χ3v) is 4.27. The Hall–Kier alpha value is -2.89. The third kappa shape index (κ3) is 4.35. The van der Waals surface area contributed by atoms with Gasteiger partial charge in [0.25, 0.3) is 0 Å². The molecule has 130 valence electrons. The minimum absolute atomic E-state index is 0.0221. The van der Waals surface area contributed by atoms with Crippen LogP contribution in [0.5, 0.6) is 0 Å². The lowest BCUT2D eigenvalue weighted by molar-refractivity contribution is -0.121. The summed E-state index contributed by atoms with van der Waals surface area (Å²) in [4.78, 5) is 12.2. The predicted molar refractivity (Wildman–Crippen MR) is 93.9 cm³/mol. The van der Waals surface area contributed by atoms with Crippen LogP contribution in [-0.2, 0) is 24.3 Å². The number of aromatic nitrogens is 3. The first-order valence-electron chi connectivity index (χ1n) is 8.36. The molecule has 0 atom stereocenters. The van der Waals surface area contributed by atoms with Gasteiger partial charge in [0, 0.05) is 30.9 Å². The zero-order valence-electron chi connectivity index (χ0n) is 14.5. The van der Waals surface area contributed by atoms with E-state index in [1.54, 1.807) is 6.20 Å². The Bertz CT molecular complexity index is 817. The number of nitrogens with zero attached hydrogens (tertiary/aromatic N) is 3. The summed E-state index contributed by atoms with van der Waals surface area (Å²) in [7, 11) is 0. The van der Waals surface area contributed by atoms with Crippen LogP contribution in [0.4, 0.5) is 0 Å². The molecule has 2 aromatic heterocycles. The zero-order valence-corrected chi connectivity index (χ0v) is 14.5. The van der Waals surface area contributed by atoms with Crippen molar-refractivity contribution in [1.29, 1.82) is 0 Å². The number of amides is 1. The molecule has 0 radical (unpaired) electrons. The molecule has 1 amide bonds. The first-order valence-corrected chi connectivity index (χ1v) is 8.36. The van der Waals surface area contributed by atoms with Gasteiger partial charge >= 0.3 is 0 Å². The number of carbonyl (C=O) groups excluding carboxylic acids is 1. The van der Waals surface area contributed by atoms with E-state index >= 15 is 0 Å². The van der Waals surface area contributed by atoms with Gasteiger partial charge in [0.05, 0.1) is 12.2 Å². The second-order valence-electron chi connectivity index (χ2n) is 6.05. The van der Waals surface area contributed by atoms with E-state index < -0.39 is 0 Å². The van der Waals surface area contributed by atoms with Crippen LogP contribution in [0, 0.1) is 13.8 Å². The van der Waals surface area contributed by atoms with E-state index in [9.17, 15) is 4.79 Å². The monoisotopic (exact) mass is 338 g/mol. The molecule has 6 nitrogen and oxygen atoms in total. The zero-order chi connectivity index (χ0) is 17.6. The van der Waals surface area contributed by atoms with Crippen LogP contribution in [0.3, 0.4) is 0 Å². The van der Waals surface area contributed by atoms with Crippen molar-refractivity contribution in [3.63, 3.8) is 0 Å². The smallest absolute Gasteiger partial charge is 0.220 e. The van der Waals surface area contributed by atoms with Gasteiger partial charge in [-0.1, -0.05) is 29.4 Å². The molecule has 0 fully saturated rings. The van der Waals surface area contributed by atoms with Crippen LogP contribution in [-0.4, -0.2) is 20.8 Å². The first-order chi connectivity index (χ1) is 12.1. The largest absolute Gasteiger partial charge is 0.361 e. The minimum Gasteiger partial charge on any atom is -0.361 e. The molecule has 25 heavy (non-hydrogen) atoms. The normalized spacial score (nSPS) is 10.8. The van der Waals surface area contributed by atoms with Crippen molar-refractivity contribution < 1.29 is 9.32 Å². The molecule has 1 aromatic carbocycles. The Morgan fingerprint density at radius 3 is 2.68 bits per heavy atom. The highest BCUT2D eigenvalue weighted by molar-refractivity contribution is 5.76. The van der Waals surface area contributed by atoms with Crippen LogP contribution < -0.4 is 5.32 Å². The van der Waals surface area contributed by atoms with Gasteiger partial charge < -0.3 is 9.84 Å². The van der Waals surface area contributed by atoms with Crippen molar-refractivity contribution in [2.24, 2.45) is 0 Å². The maximum Gasteiger partial charge on any atom is 0.220 e. The third-order valence-electron chi connectivity index (χ3n) is 4.27. The molecule has 0 spiro atoms. The van der Waals surface area contributed by atoms with Crippen molar-refractivity contribution in [2.45, 2.75) is 39.8 Å². The van der Waals surface area contributed by atoms with Crippen molar-refractivity contribution in [3.05, 3.63) is 70.9 Å². The van der Waals surface area contributed by atoms with Crippen LogP contribution in [0.1, 0.15) is 34.6 Å². The van der Waals surface area contributed by atoms with Crippen molar-refractivity contribution in [3.8, 4) is 0 Å². The highest BCUT2D eigenvalue weighted by atomic mass is 16.5. The fourth-order valence-corrected chi connectivity index (χ4v) is 2.83. The van der Waals surface area contributed by atoms with Crippen molar-refractivity contribution >= 4 is 5.91 Å². The highest BCUT2D eigenvalue weighted by Crippen LogP contribution is 2.14. The number of hydrogen-bond acceptors (Lipinski definition) is 4. The predicted octanol–water partition coefficient (Wildman–Crippen LogP) is 2.79. The summed E-state index contributed by atoms with van der Waals surface area (Å²) in [5.74, 6) is 0.809. The molecular weight excluding hydrogens is 316 g/mol. The number of rotatable bonds is 7. The summed E-state index contributed by atoms with van der Waals surface area (Å²) in [5, 5.41) is 11.2. The maximum atomic E-state index is 12.2. The molecule has 0 aliphatic heterocycles. The number of hydrogen-bond donors (Lipinski definition) is 1. The van der Waals surface area contributed by atoms with E-state index in [1.807, 2.05) is 49.0 Å². The Kier molecular flexibility index (Phi) is 5.28. The molecule has 6 heteroatoms. The number of benzene rings is 1. The van der Waals surface area contributed by atoms with E-state index in [0.717, 1.165) is 28.1 Å². The summed E-state index contributed by atoms with van der Waals surface area (Å²) in [6.07, 6.45) is 4.75. The molecular formula is C19H22N4O2. The lowest BCUT2D eigenvalue weighted by Gasteiger charge is -2.11. The summed E-state index contributed by atoms with van der Waals surface area (Å²) in [5.41, 5.74) is 4.13. The lowest BCUT2D eigenvalue weighted by atomic mass is 10.1. The quantitative estimate of drug-likeness (QED) is 0.719. The van der Waals surface area contributed by atoms with Gasteiger partial charge in [-0.2, -0.15) is 5.10 Å². The summed E-state index contributed by atoms with van der Waals surface area (Å²) < 4.78 is 7.01. The fraction of sp³-hybridized carbons (Fsp3) is 0.316. The van der Waals surface area contributed by atoms with Crippen molar-refractivity contribution in [1.82, 2.24) is 20.3 Å². The van der Waals surface area contributed by atoms with E-state index in [-0.39, 0.29) is 5.91 Å². The summed E-state index contributed by atoms with van der Waals surface area (Å²) in [6, 6.07) is 9.99. The summed E-state index contributed by atoms with van der Waals surface area (Å²) >= 11 is 0. The first kappa shape index (κ1) is 17.0. The van der Waals surface area contributed by atoms with Gasteiger partial charge in [-0.25, -0.2) is 0 Å². The van der Waals surface area contributed by atoms with Gasteiger partial charge in [-0.3, -0.25) is 9.48 Å². The van der Waals surface area contributed by atoms with Gasteiger partial charge in [0.15, 0.2) is 0 Å². The maximum absolute atomic E-state index is 12.2. The Balaban J connectivity index is 1.55. The minimum atomic E-state index is 0.0221. The molecule has 0 saturated carbocycles. The van der Waals surface area contributed by atoms with Gasteiger partial charge in [-0.05, 0) is 37.5 Å². The molecule has 0 aliphatic rings. The topological polar surface area (TPSA) is 73.0 Å². The van der Waals surface area contributed by atoms with Crippen LogP contribution in [0.25, 0.3) is 0 Å². The second-order valence-corrected chi connectivity index (χ2v) is 6.05. The molecule has 3 aromatic rings. The highest BCUT2D eigenvalue weighted by Gasteiger charge is 2.11. The Morgan fingerprint density at radius 2 is 2.00 bits per heavy atom. The fourth-order valence-electron chi connectivity index (χ4n) is 2.83. The number of carbonyl (C=O) groups is 1. The standard InChI is InChI=1S/C19H22N4O2/c1-14-18(15(2)25-22-14)8-9-19(24)20-12-16-6-3-4-7-17(16)13-23-11-5-10-21-23/h3-7,10-11H,8-9,12-13H2,1-2H3,(H,20,24). The van der Waals surface area contributed by atoms with Crippen LogP contribution >= 0.6 is 0 Å². The molecule has 0 unspecified atom stereocenters. The van der Waals surface area contributed by atoms with E-state index in [0.29, 0.717) is 25.9 Å². The molecule has 0 bridgehead atoms.